The molecule has 0 saturated heterocycles. The van der Waals surface area contributed by atoms with Gasteiger partial charge in [-0.25, -0.2) is 4.39 Å². The van der Waals surface area contributed by atoms with Gasteiger partial charge in [0.25, 0.3) is 0 Å². The normalized spacial score (nSPS) is 13.9. The van der Waals surface area contributed by atoms with E-state index in [0.717, 1.165) is 11.8 Å². The van der Waals surface area contributed by atoms with Gasteiger partial charge in [0.2, 0.25) is 0 Å². The molecular weight excluding hydrogens is 232 g/mol. The van der Waals surface area contributed by atoms with Crippen LogP contribution in [0.2, 0.25) is 0 Å². The summed E-state index contributed by atoms with van der Waals surface area (Å²) in [7, 11) is 0. The lowest BCUT2D eigenvalue weighted by Gasteiger charge is -2.09. The highest BCUT2D eigenvalue weighted by atomic mass is 32.2. The molecule has 0 amide bonds. The van der Waals surface area contributed by atoms with Gasteiger partial charge in [-0.3, -0.25) is 4.79 Å². The summed E-state index contributed by atoms with van der Waals surface area (Å²) < 4.78 is 47.9. The number of rotatable bonds is 6. The maximum Gasteiger partial charge on any atom is 0.389 e. The van der Waals surface area contributed by atoms with E-state index in [1.165, 1.54) is 6.92 Å². The summed E-state index contributed by atoms with van der Waals surface area (Å²) in [6.45, 7) is 1.40. The number of hydrogen-bond acceptors (Lipinski definition) is 2. The maximum absolute atomic E-state index is 12.9. The van der Waals surface area contributed by atoms with Crippen LogP contribution in [0, 0.1) is 0 Å². The molecule has 0 aliphatic rings. The standard InChI is InChI=1S/C9H14F4OS/c1-7(14)15-6-2-3-8(10)4-5-9(11,12)13/h8H,2-6H2,1H3. The molecule has 1 atom stereocenters. The predicted molar refractivity (Wildman–Crippen MR) is 52.6 cm³/mol. The summed E-state index contributed by atoms with van der Waals surface area (Å²) >= 11 is 1.07. The van der Waals surface area contributed by atoms with Crippen molar-refractivity contribution in [2.45, 2.75) is 45.0 Å². The Hall–Kier alpha value is -0.260. The highest BCUT2D eigenvalue weighted by molar-refractivity contribution is 8.13. The van der Waals surface area contributed by atoms with E-state index >= 15 is 0 Å². The number of thioether (sulfide) groups is 1. The van der Waals surface area contributed by atoms with Crippen molar-refractivity contribution in [3.05, 3.63) is 0 Å². The second-order valence-electron chi connectivity index (χ2n) is 3.23. The molecule has 0 saturated carbocycles. The van der Waals surface area contributed by atoms with Gasteiger partial charge < -0.3 is 0 Å². The van der Waals surface area contributed by atoms with Crippen LogP contribution in [0.3, 0.4) is 0 Å². The second kappa shape index (κ2) is 7.09. The molecule has 90 valence electrons. The fraction of sp³-hybridized carbons (Fsp3) is 0.889. The summed E-state index contributed by atoms with van der Waals surface area (Å²) in [6.07, 6.45) is -6.72. The van der Waals surface area contributed by atoms with E-state index in [1.807, 2.05) is 0 Å². The lowest BCUT2D eigenvalue weighted by Crippen LogP contribution is -2.11. The molecule has 0 radical (unpaired) electrons. The molecule has 1 unspecified atom stereocenters. The second-order valence-corrected chi connectivity index (χ2v) is 4.51. The summed E-state index contributed by atoms with van der Waals surface area (Å²) in [5.41, 5.74) is 0. The minimum Gasteiger partial charge on any atom is -0.288 e. The zero-order chi connectivity index (χ0) is 11.9. The van der Waals surface area contributed by atoms with Crippen LogP contribution in [0.5, 0.6) is 0 Å². The first-order valence-electron chi connectivity index (χ1n) is 4.65. The number of carbonyl (C=O) groups excluding carboxylic acids is 1. The van der Waals surface area contributed by atoms with Crippen LogP contribution in [-0.2, 0) is 4.79 Å². The Bertz CT molecular complexity index is 193. The Labute approximate surface area is 90.6 Å². The predicted octanol–water partition coefficient (Wildman–Crippen LogP) is 3.73. The van der Waals surface area contributed by atoms with Gasteiger partial charge in [0.05, 0.1) is 0 Å². The quantitative estimate of drug-likeness (QED) is 0.524. The van der Waals surface area contributed by atoms with Crippen molar-refractivity contribution in [3.8, 4) is 0 Å². The van der Waals surface area contributed by atoms with Crippen molar-refractivity contribution in [3.63, 3.8) is 0 Å². The molecule has 0 aliphatic heterocycles. The average molecular weight is 246 g/mol. The fourth-order valence-electron chi connectivity index (χ4n) is 0.985. The Morgan fingerprint density at radius 3 is 2.40 bits per heavy atom. The van der Waals surface area contributed by atoms with E-state index in [2.05, 4.69) is 0 Å². The minimum atomic E-state index is -4.28. The topological polar surface area (TPSA) is 17.1 Å². The first kappa shape index (κ1) is 14.7. The third-order valence-electron chi connectivity index (χ3n) is 1.71. The van der Waals surface area contributed by atoms with Gasteiger partial charge in [-0.05, 0) is 19.3 Å². The van der Waals surface area contributed by atoms with Gasteiger partial charge in [0, 0.05) is 19.1 Å². The van der Waals surface area contributed by atoms with Crippen molar-refractivity contribution >= 4 is 16.9 Å². The third-order valence-corrected chi connectivity index (χ3v) is 2.61. The van der Waals surface area contributed by atoms with E-state index in [1.54, 1.807) is 0 Å². The Morgan fingerprint density at radius 1 is 1.33 bits per heavy atom. The van der Waals surface area contributed by atoms with E-state index in [0.29, 0.717) is 12.2 Å². The summed E-state index contributed by atoms with van der Waals surface area (Å²) in [6, 6.07) is 0. The van der Waals surface area contributed by atoms with Crippen LogP contribution in [0.25, 0.3) is 0 Å². The molecule has 6 heteroatoms. The van der Waals surface area contributed by atoms with Gasteiger partial charge >= 0.3 is 6.18 Å². The molecule has 1 nitrogen and oxygen atoms in total. The molecule has 0 rings (SSSR count). The molecule has 0 heterocycles. The van der Waals surface area contributed by atoms with Crippen molar-refractivity contribution in [2.75, 3.05) is 5.75 Å². The van der Waals surface area contributed by atoms with E-state index in [-0.39, 0.29) is 11.5 Å². The Morgan fingerprint density at radius 2 is 1.93 bits per heavy atom. The van der Waals surface area contributed by atoms with Crippen LogP contribution in [0.4, 0.5) is 17.6 Å². The van der Waals surface area contributed by atoms with Crippen LogP contribution >= 0.6 is 11.8 Å². The minimum absolute atomic E-state index is 0.0549. The lowest BCUT2D eigenvalue weighted by molar-refractivity contribution is -0.138. The van der Waals surface area contributed by atoms with Crippen LogP contribution in [-0.4, -0.2) is 23.2 Å². The first-order valence-corrected chi connectivity index (χ1v) is 5.64. The maximum atomic E-state index is 12.9. The van der Waals surface area contributed by atoms with Crippen molar-refractivity contribution < 1.29 is 22.4 Å². The smallest absolute Gasteiger partial charge is 0.288 e. The SMILES string of the molecule is CC(=O)SCCCC(F)CCC(F)(F)F. The molecule has 0 spiro atoms. The molecule has 0 aliphatic carbocycles. The summed E-state index contributed by atoms with van der Waals surface area (Å²) in [5, 5.41) is -0.0549. The number of hydrogen-bond donors (Lipinski definition) is 0. The highest BCUT2D eigenvalue weighted by Crippen LogP contribution is 2.24. The van der Waals surface area contributed by atoms with Crippen LogP contribution in [0.15, 0.2) is 0 Å². The Balaban J connectivity index is 3.41. The molecule has 0 aromatic heterocycles. The molecule has 0 aromatic rings. The Kier molecular flexibility index (Phi) is 6.96. The highest BCUT2D eigenvalue weighted by Gasteiger charge is 2.28. The number of carbonyl (C=O) groups is 1. The molecule has 15 heavy (non-hydrogen) atoms. The lowest BCUT2D eigenvalue weighted by atomic mass is 10.1. The van der Waals surface area contributed by atoms with Crippen LogP contribution in [0.1, 0.15) is 32.6 Å². The van der Waals surface area contributed by atoms with Gasteiger partial charge in [0.1, 0.15) is 6.17 Å². The van der Waals surface area contributed by atoms with Gasteiger partial charge in [-0.1, -0.05) is 11.8 Å². The zero-order valence-corrected chi connectivity index (χ0v) is 9.26. The molecule has 0 bridgehead atoms. The fourth-order valence-corrected chi connectivity index (χ4v) is 1.58. The van der Waals surface area contributed by atoms with Crippen molar-refractivity contribution in [1.29, 1.82) is 0 Å². The molecule has 0 aromatic carbocycles. The van der Waals surface area contributed by atoms with Gasteiger partial charge in [-0.15, -0.1) is 0 Å². The first-order chi connectivity index (χ1) is 6.81. The average Bonchev–Trinajstić information content (AvgIpc) is 2.07. The summed E-state index contributed by atoms with van der Waals surface area (Å²) in [4.78, 5) is 10.5. The number of alkyl halides is 4. The van der Waals surface area contributed by atoms with E-state index in [4.69, 9.17) is 0 Å². The molecular formula is C9H14F4OS. The van der Waals surface area contributed by atoms with Gasteiger partial charge in [-0.2, -0.15) is 13.2 Å². The van der Waals surface area contributed by atoms with E-state index in [9.17, 15) is 22.4 Å². The molecule has 0 fully saturated rings. The zero-order valence-electron chi connectivity index (χ0n) is 8.44. The van der Waals surface area contributed by atoms with Crippen molar-refractivity contribution in [2.24, 2.45) is 0 Å². The molecule has 0 N–H and O–H groups in total. The monoisotopic (exact) mass is 246 g/mol. The number of halogens is 4. The van der Waals surface area contributed by atoms with Crippen molar-refractivity contribution in [1.82, 2.24) is 0 Å². The van der Waals surface area contributed by atoms with Gasteiger partial charge in [0.15, 0.2) is 5.12 Å². The van der Waals surface area contributed by atoms with E-state index < -0.39 is 25.2 Å². The van der Waals surface area contributed by atoms with Crippen LogP contribution < -0.4 is 0 Å². The largest absolute Gasteiger partial charge is 0.389 e. The summed E-state index contributed by atoms with van der Waals surface area (Å²) in [5.74, 6) is 0.474. The third kappa shape index (κ3) is 11.7.